The second-order valence-electron chi connectivity index (χ2n) is 5.56. The van der Waals surface area contributed by atoms with Gasteiger partial charge in [-0.25, -0.2) is 9.98 Å². The molecule has 2 aliphatic rings. The van der Waals surface area contributed by atoms with Crippen LogP contribution in [0.2, 0.25) is 0 Å². The molecule has 0 amide bonds. The van der Waals surface area contributed by atoms with Crippen molar-refractivity contribution in [1.82, 2.24) is 0 Å². The summed E-state index contributed by atoms with van der Waals surface area (Å²) in [6, 6.07) is -0.0261. The number of methoxy groups -OCH3 is 2. The summed E-state index contributed by atoms with van der Waals surface area (Å²) in [4.78, 5) is 9.69. The minimum atomic E-state index is -0.324. The largest absolute Gasteiger partial charge is 0.483 e. The molecule has 1 aliphatic heterocycles. The number of nitrogens with zero attached hydrogens (tertiary/aromatic N) is 2. The monoisotopic (exact) mass is 264 g/mol. The molecule has 0 aromatic heterocycles. The average molecular weight is 264 g/mol. The van der Waals surface area contributed by atoms with E-state index in [0.717, 1.165) is 37.5 Å². The Labute approximate surface area is 115 Å². The molecule has 19 heavy (non-hydrogen) atoms. The summed E-state index contributed by atoms with van der Waals surface area (Å²) in [6.07, 6.45) is 8.34. The average Bonchev–Trinajstić information content (AvgIpc) is 2.64. The molecule has 1 aliphatic carbocycles. The SMILES string of the molecule is COC1=NC2(CCC=CCC2)C(OC)=N[C@@H]1C(C)C. The predicted octanol–water partition coefficient (Wildman–Crippen LogP) is 2.98. The molecule has 106 valence electrons. The zero-order valence-electron chi connectivity index (χ0n) is 12.3. The third-order valence-corrected chi connectivity index (χ3v) is 3.88. The molecular formula is C15H24N2O2. The first-order chi connectivity index (χ1) is 9.13. The molecule has 1 atom stereocenters. The summed E-state index contributed by atoms with van der Waals surface area (Å²) in [5, 5.41) is 0. The highest BCUT2D eigenvalue weighted by atomic mass is 16.5. The van der Waals surface area contributed by atoms with Crippen molar-refractivity contribution in [2.75, 3.05) is 14.2 Å². The maximum absolute atomic E-state index is 5.57. The van der Waals surface area contributed by atoms with E-state index < -0.39 is 0 Å². The Balaban J connectivity index is 2.37. The lowest BCUT2D eigenvalue weighted by atomic mass is 9.87. The highest BCUT2D eigenvalue weighted by Crippen LogP contribution is 2.34. The van der Waals surface area contributed by atoms with Crippen LogP contribution in [0.3, 0.4) is 0 Å². The molecule has 0 N–H and O–H groups in total. The van der Waals surface area contributed by atoms with E-state index in [0.29, 0.717) is 5.92 Å². The van der Waals surface area contributed by atoms with Crippen LogP contribution in [0.5, 0.6) is 0 Å². The van der Waals surface area contributed by atoms with Crippen molar-refractivity contribution in [2.24, 2.45) is 15.9 Å². The highest BCUT2D eigenvalue weighted by molar-refractivity contribution is 5.96. The predicted molar refractivity (Wildman–Crippen MR) is 77.9 cm³/mol. The fourth-order valence-corrected chi connectivity index (χ4v) is 2.80. The Bertz CT molecular complexity index is 400. The van der Waals surface area contributed by atoms with E-state index >= 15 is 0 Å². The summed E-state index contributed by atoms with van der Waals surface area (Å²) in [7, 11) is 3.38. The molecule has 0 radical (unpaired) electrons. The first-order valence-corrected chi connectivity index (χ1v) is 7.04. The van der Waals surface area contributed by atoms with Crippen LogP contribution in [0.25, 0.3) is 0 Å². The van der Waals surface area contributed by atoms with Crippen molar-refractivity contribution in [3.8, 4) is 0 Å². The van der Waals surface area contributed by atoms with Crippen molar-refractivity contribution >= 4 is 11.8 Å². The van der Waals surface area contributed by atoms with Crippen LogP contribution >= 0.6 is 0 Å². The van der Waals surface area contributed by atoms with E-state index in [1.165, 1.54) is 0 Å². The van der Waals surface area contributed by atoms with Crippen LogP contribution in [0.15, 0.2) is 22.1 Å². The van der Waals surface area contributed by atoms with Crippen LogP contribution in [0.4, 0.5) is 0 Å². The molecule has 1 spiro atoms. The molecule has 0 bridgehead atoms. The van der Waals surface area contributed by atoms with E-state index in [1.807, 2.05) is 0 Å². The van der Waals surface area contributed by atoms with E-state index in [4.69, 9.17) is 19.5 Å². The van der Waals surface area contributed by atoms with Gasteiger partial charge in [0.1, 0.15) is 11.6 Å². The van der Waals surface area contributed by atoms with Crippen molar-refractivity contribution in [1.29, 1.82) is 0 Å². The first kappa shape index (κ1) is 14.1. The van der Waals surface area contributed by atoms with Crippen LogP contribution < -0.4 is 0 Å². The van der Waals surface area contributed by atoms with Gasteiger partial charge in [0.05, 0.1) is 14.2 Å². The summed E-state index contributed by atoms with van der Waals surface area (Å²) < 4.78 is 11.1. The quantitative estimate of drug-likeness (QED) is 0.683. The standard InChI is InChI=1S/C15H24N2O2/c1-11(2)12-13(18-3)17-15(14(16-12)19-4)9-7-5-6-8-10-15/h5-6,11-12H,7-10H2,1-4H3/t12-/m1/s1. The number of hydrogen-bond donors (Lipinski definition) is 0. The summed E-state index contributed by atoms with van der Waals surface area (Å²) in [6.45, 7) is 4.26. The van der Waals surface area contributed by atoms with E-state index in [-0.39, 0.29) is 11.6 Å². The van der Waals surface area contributed by atoms with Crippen LogP contribution in [0.1, 0.15) is 39.5 Å². The van der Waals surface area contributed by atoms with Crippen molar-refractivity contribution < 1.29 is 9.47 Å². The van der Waals surface area contributed by atoms with Gasteiger partial charge in [-0.15, -0.1) is 0 Å². The lowest BCUT2D eigenvalue weighted by Crippen LogP contribution is -2.46. The van der Waals surface area contributed by atoms with Gasteiger partial charge in [-0.2, -0.15) is 0 Å². The smallest absolute Gasteiger partial charge is 0.212 e. The number of aliphatic imine (C=N–C) groups is 2. The van der Waals surface area contributed by atoms with E-state index in [2.05, 4.69) is 26.0 Å². The Morgan fingerprint density at radius 2 is 1.79 bits per heavy atom. The summed E-state index contributed by atoms with van der Waals surface area (Å²) >= 11 is 0. The van der Waals surface area contributed by atoms with Gasteiger partial charge >= 0.3 is 0 Å². The Kier molecular flexibility index (Phi) is 4.27. The number of allylic oxidation sites excluding steroid dienone is 2. The minimum absolute atomic E-state index is 0.0261. The number of rotatable bonds is 1. The fourth-order valence-electron chi connectivity index (χ4n) is 2.80. The Morgan fingerprint density at radius 3 is 2.26 bits per heavy atom. The zero-order chi connectivity index (χ0) is 13.9. The summed E-state index contributed by atoms with van der Waals surface area (Å²) in [5.41, 5.74) is -0.324. The normalized spacial score (nSPS) is 25.8. The molecule has 4 heteroatoms. The number of ether oxygens (including phenoxy) is 2. The van der Waals surface area contributed by atoms with Crippen molar-refractivity contribution in [2.45, 2.75) is 51.1 Å². The van der Waals surface area contributed by atoms with Gasteiger partial charge in [-0.05, 0) is 31.6 Å². The molecule has 0 saturated carbocycles. The van der Waals surface area contributed by atoms with Gasteiger partial charge in [-0.1, -0.05) is 26.0 Å². The van der Waals surface area contributed by atoms with E-state index in [9.17, 15) is 0 Å². The second kappa shape index (κ2) is 5.76. The molecule has 0 saturated heterocycles. The first-order valence-electron chi connectivity index (χ1n) is 7.04. The maximum Gasteiger partial charge on any atom is 0.212 e. The molecule has 1 heterocycles. The van der Waals surface area contributed by atoms with Gasteiger partial charge in [0.2, 0.25) is 11.8 Å². The third-order valence-electron chi connectivity index (χ3n) is 3.88. The van der Waals surface area contributed by atoms with Crippen molar-refractivity contribution in [3.05, 3.63) is 12.2 Å². The van der Waals surface area contributed by atoms with Gasteiger partial charge in [0.15, 0.2) is 0 Å². The van der Waals surface area contributed by atoms with Gasteiger partial charge in [0, 0.05) is 0 Å². The van der Waals surface area contributed by atoms with Crippen LogP contribution in [0, 0.1) is 5.92 Å². The molecule has 0 aromatic rings. The van der Waals surface area contributed by atoms with Crippen molar-refractivity contribution in [3.63, 3.8) is 0 Å². The third kappa shape index (κ3) is 2.67. The zero-order valence-corrected chi connectivity index (χ0v) is 12.3. The lowest BCUT2D eigenvalue weighted by molar-refractivity contribution is 0.292. The topological polar surface area (TPSA) is 43.2 Å². The molecule has 2 rings (SSSR count). The molecule has 0 aromatic carbocycles. The van der Waals surface area contributed by atoms with E-state index in [1.54, 1.807) is 14.2 Å². The summed E-state index contributed by atoms with van der Waals surface area (Å²) in [5.74, 6) is 1.87. The van der Waals surface area contributed by atoms with Gasteiger partial charge in [-0.3, -0.25) is 0 Å². The molecule has 0 fully saturated rings. The maximum atomic E-state index is 5.57. The van der Waals surface area contributed by atoms with Crippen LogP contribution in [-0.4, -0.2) is 37.6 Å². The Hall–Kier alpha value is -1.32. The highest BCUT2D eigenvalue weighted by Gasteiger charge is 2.42. The molecule has 4 nitrogen and oxygen atoms in total. The molecular weight excluding hydrogens is 240 g/mol. The fraction of sp³-hybridized carbons (Fsp3) is 0.733. The second-order valence-corrected chi connectivity index (χ2v) is 5.56. The van der Waals surface area contributed by atoms with Crippen LogP contribution in [-0.2, 0) is 9.47 Å². The van der Waals surface area contributed by atoms with Gasteiger partial charge in [0.25, 0.3) is 0 Å². The lowest BCUT2D eigenvalue weighted by Gasteiger charge is -2.35. The minimum Gasteiger partial charge on any atom is -0.483 e. The Morgan fingerprint density at radius 1 is 1.16 bits per heavy atom. The van der Waals surface area contributed by atoms with Gasteiger partial charge < -0.3 is 9.47 Å². The number of hydrogen-bond acceptors (Lipinski definition) is 4. The molecule has 0 unspecified atom stereocenters.